The van der Waals surface area contributed by atoms with Crippen LogP contribution in [-0.4, -0.2) is 29.3 Å². The number of benzene rings is 2. The van der Waals surface area contributed by atoms with Crippen molar-refractivity contribution < 1.29 is 23.2 Å². The normalized spacial score (nSPS) is 21.6. The van der Waals surface area contributed by atoms with Crippen LogP contribution in [0.15, 0.2) is 42.5 Å². The molecule has 0 spiro atoms. The molecule has 0 saturated carbocycles. The molecule has 2 aliphatic heterocycles. The standard InChI is InChI=1S/C18H13F2N3O3/c19-12-5-2-11(3-6-12)18(16(25)21-17(26)22-18)9-23-8-10-1-4-13(20)7-14(10)15(23)24/h1-7H,8-9H2,(H2,21,22,25,26)/t18-/m1/s1. The Morgan fingerprint density at radius 3 is 2.35 bits per heavy atom. The van der Waals surface area contributed by atoms with Crippen LogP contribution in [-0.2, 0) is 16.9 Å². The lowest BCUT2D eigenvalue weighted by molar-refractivity contribution is -0.124. The third-order valence-corrected chi connectivity index (χ3v) is 4.66. The molecule has 132 valence electrons. The van der Waals surface area contributed by atoms with Gasteiger partial charge in [0.15, 0.2) is 5.54 Å². The van der Waals surface area contributed by atoms with E-state index in [4.69, 9.17) is 0 Å². The summed E-state index contributed by atoms with van der Waals surface area (Å²) >= 11 is 0. The molecule has 4 rings (SSSR count). The second kappa shape index (κ2) is 5.62. The van der Waals surface area contributed by atoms with Crippen molar-refractivity contribution in [3.63, 3.8) is 0 Å². The predicted molar refractivity (Wildman–Crippen MR) is 85.9 cm³/mol. The smallest absolute Gasteiger partial charge is 0.322 e. The Balaban J connectivity index is 1.71. The summed E-state index contributed by atoms with van der Waals surface area (Å²) in [5.74, 6) is -2.09. The number of carbonyl (C=O) groups excluding carboxylic acids is 3. The zero-order valence-electron chi connectivity index (χ0n) is 13.4. The van der Waals surface area contributed by atoms with Gasteiger partial charge in [-0.25, -0.2) is 13.6 Å². The van der Waals surface area contributed by atoms with Gasteiger partial charge in [-0.1, -0.05) is 18.2 Å². The van der Waals surface area contributed by atoms with E-state index in [1.807, 2.05) is 0 Å². The molecule has 6 nitrogen and oxygen atoms in total. The fourth-order valence-electron chi connectivity index (χ4n) is 3.38. The van der Waals surface area contributed by atoms with E-state index in [0.29, 0.717) is 11.1 Å². The summed E-state index contributed by atoms with van der Waals surface area (Å²) in [5.41, 5.74) is -0.335. The molecule has 2 heterocycles. The Bertz CT molecular complexity index is 945. The second-order valence-corrected chi connectivity index (χ2v) is 6.28. The first-order valence-corrected chi connectivity index (χ1v) is 7.86. The van der Waals surface area contributed by atoms with Gasteiger partial charge in [-0.2, -0.15) is 0 Å². The topological polar surface area (TPSA) is 78.5 Å². The summed E-state index contributed by atoms with van der Waals surface area (Å²) in [5, 5.41) is 4.71. The maximum Gasteiger partial charge on any atom is 0.322 e. The van der Waals surface area contributed by atoms with Crippen LogP contribution < -0.4 is 10.6 Å². The number of hydrogen-bond donors (Lipinski definition) is 2. The summed E-state index contributed by atoms with van der Waals surface area (Å²) in [4.78, 5) is 38.3. The molecular formula is C18H13F2N3O3. The van der Waals surface area contributed by atoms with Crippen LogP contribution in [0.2, 0.25) is 0 Å². The van der Waals surface area contributed by atoms with Crippen LogP contribution in [0.4, 0.5) is 13.6 Å². The lowest BCUT2D eigenvalue weighted by Crippen LogP contribution is -2.52. The quantitative estimate of drug-likeness (QED) is 0.820. The zero-order chi connectivity index (χ0) is 18.5. The van der Waals surface area contributed by atoms with E-state index < -0.39 is 35.0 Å². The van der Waals surface area contributed by atoms with E-state index in [2.05, 4.69) is 10.6 Å². The fraction of sp³-hybridized carbons (Fsp3) is 0.167. The van der Waals surface area contributed by atoms with E-state index in [1.165, 1.54) is 41.3 Å². The van der Waals surface area contributed by atoms with Gasteiger partial charge in [-0.3, -0.25) is 14.9 Å². The van der Waals surface area contributed by atoms with E-state index in [9.17, 15) is 23.2 Å². The average molecular weight is 357 g/mol. The van der Waals surface area contributed by atoms with Gasteiger partial charge in [-0.15, -0.1) is 0 Å². The number of nitrogens with zero attached hydrogens (tertiary/aromatic N) is 1. The van der Waals surface area contributed by atoms with Crippen molar-refractivity contribution in [3.05, 3.63) is 70.8 Å². The first kappa shape index (κ1) is 16.2. The van der Waals surface area contributed by atoms with Gasteiger partial charge in [0.05, 0.1) is 6.54 Å². The minimum Gasteiger partial charge on any atom is -0.331 e. The van der Waals surface area contributed by atoms with E-state index >= 15 is 0 Å². The van der Waals surface area contributed by atoms with E-state index in [1.54, 1.807) is 0 Å². The van der Waals surface area contributed by atoms with E-state index in [0.717, 1.165) is 6.07 Å². The van der Waals surface area contributed by atoms with Gasteiger partial charge in [0.25, 0.3) is 11.8 Å². The third-order valence-electron chi connectivity index (χ3n) is 4.66. The monoisotopic (exact) mass is 357 g/mol. The largest absolute Gasteiger partial charge is 0.331 e. The first-order chi connectivity index (χ1) is 12.4. The number of fused-ring (bicyclic) bond motifs is 1. The van der Waals surface area contributed by atoms with Crippen molar-refractivity contribution in [2.24, 2.45) is 0 Å². The van der Waals surface area contributed by atoms with Crippen molar-refractivity contribution >= 4 is 17.8 Å². The number of urea groups is 1. The molecule has 1 saturated heterocycles. The van der Waals surface area contributed by atoms with Crippen molar-refractivity contribution in [3.8, 4) is 0 Å². The fourth-order valence-corrected chi connectivity index (χ4v) is 3.38. The maximum absolute atomic E-state index is 13.4. The van der Waals surface area contributed by atoms with E-state index in [-0.39, 0.29) is 18.7 Å². The summed E-state index contributed by atoms with van der Waals surface area (Å²) in [6, 6.07) is 8.33. The number of carbonyl (C=O) groups is 3. The molecule has 4 amide bonds. The molecule has 1 atom stereocenters. The molecule has 1 fully saturated rings. The molecule has 0 bridgehead atoms. The molecule has 2 aromatic carbocycles. The molecule has 2 aliphatic rings. The van der Waals surface area contributed by atoms with Gasteiger partial charge in [0.2, 0.25) is 0 Å². The number of imide groups is 1. The van der Waals surface area contributed by atoms with Crippen LogP contribution in [0.25, 0.3) is 0 Å². The van der Waals surface area contributed by atoms with Crippen molar-refractivity contribution in [1.29, 1.82) is 0 Å². The average Bonchev–Trinajstić information content (AvgIpc) is 3.06. The Kier molecular flexibility index (Phi) is 3.50. The molecule has 26 heavy (non-hydrogen) atoms. The Labute approximate surface area is 146 Å². The van der Waals surface area contributed by atoms with Crippen molar-refractivity contribution in [2.45, 2.75) is 12.1 Å². The maximum atomic E-state index is 13.4. The highest BCUT2D eigenvalue weighted by atomic mass is 19.1. The molecular weight excluding hydrogens is 344 g/mol. The van der Waals surface area contributed by atoms with Crippen LogP contribution in [0.1, 0.15) is 21.5 Å². The minimum atomic E-state index is -1.54. The zero-order valence-corrected chi connectivity index (χ0v) is 13.4. The van der Waals surface area contributed by atoms with Crippen molar-refractivity contribution in [1.82, 2.24) is 15.5 Å². The van der Waals surface area contributed by atoms with Crippen LogP contribution >= 0.6 is 0 Å². The van der Waals surface area contributed by atoms with Gasteiger partial charge >= 0.3 is 6.03 Å². The van der Waals surface area contributed by atoms with Gasteiger partial charge in [-0.05, 0) is 35.4 Å². The lowest BCUT2D eigenvalue weighted by Gasteiger charge is -2.31. The SMILES string of the molecule is O=C1NC(=O)[C@@](CN2Cc3ccc(F)cc3C2=O)(c2ccc(F)cc2)N1. The van der Waals surface area contributed by atoms with Crippen LogP contribution in [0.3, 0.4) is 0 Å². The summed E-state index contributed by atoms with van der Waals surface area (Å²) < 4.78 is 26.7. The van der Waals surface area contributed by atoms with Crippen LogP contribution in [0, 0.1) is 11.6 Å². The molecule has 0 aliphatic carbocycles. The summed E-state index contributed by atoms with van der Waals surface area (Å²) in [7, 11) is 0. The molecule has 2 aromatic rings. The molecule has 0 unspecified atom stereocenters. The Morgan fingerprint density at radius 2 is 1.69 bits per heavy atom. The highest BCUT2D eigenvalue weighted by molar-refractivity contribution is 6.08. The summed E-state index contributed by atoms with van der Waals surface area (Å²) in [6.07, 6.45) is 0. The molecule has 2 N–H and O–H groups in total. The number of rotatable bonds is 3. The van der Waals surface area contributed by atoms with Gasteiger partial charge < -0.3 is 10.2 Å². The second-order valence-electron chi connectivity index (χ2n) is 6.28. The van der Waals surface area contributed by atoms with Crippen molar-refractivity contribution in [2.75, 3.05) is 6.54 Å². The van der Waals surface area contributed by atoms with Gasteiger partial charge in [0.1, 0.15) is 11.6 Å². The molecule has 8 heteroatoms. The third kappa shape index (κ3) is 2.42. The molecule has 0 aromatic heterocycles. The highest BCUT2D eigenvalue weighted by Crippen LogP contribution is 2.31. The lowest BCUT2D eigenvalue weighted by atomic mass is 9.89. The Hall–Kier alpha value is -3.29. The summed E-state index contributed by atoms with van der Waals surface area (Å²) in [6.45, 7) is 0.0197. The van der Waals surface area contributed by atoms with Crippen LogP contribution in [0.5, 0.6) is 0 Å². The highest BCUT2D eigenvalue weighted by Gasteiger charge is 2.50. The Morgan fingerprint density at radius 1 is 1.00 bits per heavy atom. The number of nitrogens with one attached hydrogen (secondary N) is 2. The number of hydrogen-bond acceptors (Lipinski definition) is 3. The molecule has 0 radical (unpaired) electrons. The predicted octanol–water partition coefficient (Wildman–Crippen LogP) is 1.66. The number of amides is 4. The minimum absolute atomic E-state index is 0.161. The van der Waals surface area contributed by atoms with Gasteiger partial charge in [0, 0.05) is 12.1 Å². The first-order valence-electron chi connectivity index (χ1n) is 7.86. The number of halogens is 2.